The van der Waals surface area contributed by atoms with Gasteiger partial charge in [-0.15, -0.1) is 0 Å². The van der Waals surface area contributed by atoms with Crippen LogP contribution in [0.3, 0.4) is 0 Å². The van der Waals surface area contributed by atoms with Crippen LogP contribution >= 0.6 is 0 Å². The van der Waals surface area contributed by atoms with Crippen molar-refractivity contribution < 1.29 is 0 Å². The SMILES string of the molecule is C[C@@H](NC1CCC[C@H](C2C=CC=CC2)C1)c1cccc2ccccc12. The van der Waals surface area contributed by atoms with E-state index in [1.165, 1.54) is 48.4 Å². The Labute approximate surface area is 151 Å². The Hall–Kier alpha value is -1.86. The molecule has 4 rings (SSSR count). The van der Waals surface area contributed by atoms with Crippen LogP contribution in [0.1, 0.15) is 50.6 Å². The van der Waals surface area contributed by atoms with Crippen LogP contribution in [0.15, 0.2) is 66.8 Å². The summed E-state index contributed by atoms with van der Waals surface area (Å²) in [4.78, 5) is 0. The molecule has 2 unspecified atom stereocenters. The third-order valence-electron chi connectivity index (χ3n) is 6.11. The first-order valence-electron chi connectivity index (χ1n) is 9.88. The number of hydrogen-bond donors (Lipinski definition) is 1. The summed E-state index contributed by atoms with van der Waals surface area (Å²) in [5.74, 6) is 1.59. The van der Waals surface area contributed by atoms with Crippen molar-refractivity contribution >= 4 is 10.8 Å². The van der Waals surface area contributed by atoms with Gasteiger partial charge in [-0.05, 0) is 60.8 Å². The van der Waals surface area contributed by atoms with Gasteiger partial charge in [-0.3, -0.25) is 0 Å². The van der Waals surface area contributed by atoms with Gasteiger partial charge in [-0.25, -0.2) is 0 Å². The molecule has 2 aliphatic carbocycles. The maximum absolute atomic E-state index is 3.95. The lowest BCUT2D eigenvalue weighted by molar-refractivity contribution is 0.228. The maximum Gasteiger partial charge on any atom is 0.0300 e. The van der Waals surface area contributed by atoms with Crippen molar-refractivity contribution in [3.8, 4) is 0 Å². The topological polar surface area (TPSA) is 12.0 Å². The van der Waals surface area contributed by atoms with E-state index in [9.17, 15) is 0 Å². The monoisotopic (exact) mass is 331 g/mol. The smallest absolute Gasteiger partial charge is 0.0300 e. The van der Waals surface area contributed by atoms with E-state index in [1.807, 2.05) is 0 Å². The zero-order valence-electron chi connectivity index (χ0n) is 15.2. The van der Waals surface area contributed by atoms with Crippen LogP contribution in [0.4, 0.5) is 0 Å². The molecule has 2 aromatic carbocycles. The number of rotatable bonds is 4. The quantitative estimate of drug-likeness (QED) is 0.705. The van der Waals surface area contributed by atoms with Crippen LogP contribution in [-0.2, 0) is 0 Å². The van der Waals surface area contributed by atoms with Crippen molar-refractivity contribution in [2.45, 2.75) is 51.1 Å². The van der Waals surface area contributed by atoms with E-state index >= 15 is 0 Å². The molecule has 1 heteroatoms. The summed E-state index contributed by atoms with van der Waals surface area (Å²) in [7, 11) is 0. The average Bonchev–Trinajstić information content (AvgIpc) is 2.68. The highest BCUT2D eigenvalue weighted by atomic mass is 14.9. The lowest BCUT2D eigenvalue weighted by Gasteiger charge is -2.35. The van der Waals surface area contributed by atoms with Crippen molar-refractivity contribution in [1.82, 2.24) is 5.32 Å². The predicted molar refractivity (Wildman–Crippen MR) is 108 cm³/mol. The zero-order valence-corrected chi connectivity index (χ0v) is 15.2. The molecular formula is C24H29N. The van der Waals surface area contributed by atoms with E-state index in [0.29, 0.717) is 12.1 Å². The fraction of sp³-hybridized carbons (Fsp3) is 0.417. The maximum atomic E-state index is 3.95. The minimum atomic E-state index is 0.400. The van der Waals surface area contributed by atoms with Gasteiger partial charge in [0.2, 0.25) is 0 Å². The molecule has 0 amide bonds. The average molecular weight is 332 g/mol. The Morgan fingerprint density at radius 2 is 1.88 bits per heavy atom. The molecule has 1 saturated carbocycles. The number of hydrogen-bond acceptors (Lipinski definition) is 1. The van der Waals surface area contributed by atoms with E-state index in [4.69, 9.17) is 0 Å². The van der Waals surface area contributed by atoms with E-state index in [0.717, 1.165) is 11.8 Å². The third-order valence-corrected chi connectivity index (χ3v) is 6.11. The number of nitrogens with one attached hydrogen (secondary N) is 1. The Balaban J connectivity index is 1.45. The van der Waals surface area contributed by atoms with E-state index in [1.54, 1.807) is 0 Å². The fourth-order valence-electron chi connectivity index (χ4n) is 4.79. The Bertz CT molecular complexity index is 767. The third kappa shape index (κ3) is 3.72. The first-order valence-corrected chi connectivity index (χ1v) is 9.88. The largest absolute Gasteiger partial charge is 0.307 e. The van der Waals surface area contributed by atoms with Crippen LogP contribution in [0.5, 0.6) is 0 Å². The molecule has 0 aromatic heterocycles. The molecular weight excluding hydrogens is 302 g/mol. The van der Waals surface area contributed by atoms with Crippen molar-refractivity contribution in [3.63, 3.8) is 0 Å². The van der Waals surface area contributed by atoms with Crippen LogP contribution in [-0.4, -0.2) is 6.04 Å². The molecule has 4 atom stereocenters. The molecule has 0 saturated heterocycles. The van der Waals surface area contributed by atoms with Gasteiger partial charge in [0.25, 0.3) is 0 Å². The second kappa shape index (κ2) is 7.58. The Kier molecular flexibility index (Phi) is 5.03. The molecule has 0 spiro atoms. The summed E-state index contributed by atoms with van der Waals surface area (Å²) in [6, 6.07) is 16.5. The summed E-state index contributed by atoms with van der Waals surface area (Å²) in [6.45, 7) is 2.33. The molecule has 0 radical (unpaired) electrons. The van der Waals surface area contributed by atoms with Crippen molar-refractivity contribution in [2.24, 2.45) is 11.8 Å². The minimum absolute atomic E-state index is 0.400. The van der Waals surface area contributed by atoms with Crippen molar-refractivity contribution in [2.75, 3.05) is 0 Å². The number of allylic oxidation sites excluding steroid dienone is 4. The standard InChI is InChI=1S/C24H29N/c1-18(23-16-8-12-20-11-5-6-15-24(20)23)25-22-14-7-13-21(17-22)19-9-3-2-4-10-19/h2-6,8-9,11-12,15-16,18-19,21-22,25H,7,10,13-14,17H2,1H3/t18-,19?,21+,22?/m1/s1. The van der Waals surface area contributed by atoms with E-state index < -0.39 is 0 Å². The van der Waals surface area contributed by atoms with E-state index in [2.05, 4.69) is 79.0 Å². The Morgan fingerprint density at radius 1 is 1.00 bits per heavy atom. The summed E-state index contributed by atoms with van der Waals surface area (Å²) in [6.07, 6.45) is 15.8. The summed E-state index contributed by atoms with van der Waals surface area (Å²) >= 11 is 0. The summed E-state index contributed by atoms with van der Waals surface area (Å²) < 4.78 is 0. The fourth-order valence-corrected chi connectivity index (χ4v) is 4.79. The molecule has 2 aromatic rings. The molecule has 0 aliphatic heterocycles. The number of fused-ring (bicyclic) bond motifs is 1. The minimum Gasteiger partial charge on any atom is -0.307 e. The lowest BCUT2D eigenvalue weighted by Crippen LogP contribution is -2.37. The molecule has 1 nitrogen and oxygen atoms in total. The van der Waals surface area contributed by atoms with Gasteiger partial charge in [0.1, 0.15) is 0 Å². The highest BCUT2D eigenvalue weighted by Crippen LogP contribution is 2.35. The van der Waals surface area contributed by atoms with Crippen molar-refractivity contribution in [1.29, 1.82) is 0 Å². The van der Waals surface area contributed by atoms with Gasteiger partial charge in [0.05, 0.1) is 0 Å². The normalized spacial score (nSPS) is 27.5. The van der Waals surface area contributed by atoms with Crippen molar-refractivity contribution in [3.05, 3.63) is 72.3 Å². The first kappa shape index (κ1) is 16.6. The summed E-state index contributed by atoms with van der Waals surface area (Å²) in [5.41, 5.74) is 1.43. The van der Waals surface area contributed by atoms with E-state index in [-0.39, 0.29) is 0 Å². The van der Waals surface area contributed by atoms with Gasteiger partial charge in [-0.1, -0.05) is 73.2 Å². The highest BCUT2D eigenvalue weighted by molar-refractivity contribution is 5.86. The molecule has 130 valence electrons. The van der Waals surface area contributed by atoms with Crippen LogP contribution in [0.25, 0.3) is 10.8 Å². The number of benzene rings is 2. The second-order valence-electron chi connectivity index (χ2n) is 7.79. The van der Waals surface area contributed by atoms with Crippen LogP contribution in [0, 0.1) is 11.8 Å². The highest BCUT2D eigenvalue weighted by Gasteiger charge is 2.28. The molecule has 1 N–H and O–H groups in total. The van der Waals surface area contributed by atoms with Gasteiger partial charge in [-0.2, -0.15) is 0 Å². The van der Waals surface area contributed by atoms with Gasteiger partial charge < -0.3 is 5.32 Å². The second-order valence-corrected chi connectivity index (χ2v) is 7.79. The molecule has 0 heterocycles. The van der Waals surface area contributed by atoms with Gasteiger partial charge in [0.15, 0.2) is 0 Å². The first-order chi connectivity index (χ1) is 12.3. The van der Waals surface area contributed by atoms with Gasteiger partial charge >= 0.3 is 0 Å². The Morgan fingerprint density at radius 3 is 2.76 bits per heavy atom. The molecule has 25 heavy (non-hydrogen) atoms. The van der Waals surface area contributed by atoms with Crippen LogP contribution in [0.2, 0.25) is 0 Å². The van der Waals surface area contributed by atoms with Crippen LogP contribution < -0.4 is 5.32 Å². The molecule has 0 bridgehead atoms. The van der Waals surface area contributed by atoms with Gasteiger partial charge in [0, 0.05) is 12.1 Å². The lowest BCUT2D eigenvalue weighted by atomic mass is 9.75. The predicted octanol–water partition coefficient (Wildman–Crippen LogP) is 6.18. The molecule has 2 aliphatic rings. The summed E-state index contributed by atoms with van der Waals surface area (Å²) in [5, 5.41) is 6.68. The zero-order chi connectivity index (χ0) is 17.1. The molecule has 1 fully saturated rings.